The van der Waals surface area contributed by atoms with Crippen molar-refractivity contribution in [1.82, 2.24) is 4.31 Å². The van der Waals surface area contributed by atoms with Crippen molar-refractivity contribution in [2.45, 2.75) is 30.5 Å². The summed E-state index contributed by atoms with van der Waals surface area (Å²) in [7, 11) is -8.34. The van der Waals surface area contributed by atoms with Gasteiger partial charge < -0.3 is 0 Å². The molecule has 12 heteroatoms. The maximum absolute atomic E-state index is 13.7. The van der Waals surface area contributed by atoms with Gasteiger partial charge in [-0.3, -0.25) is 9.69 Å². The molecule has 2 aliphatic rings. The van der Waals surface area contributed by atoms with Gasteiger partial charge in [0.15, 0.2) is 15.6 Å². The van der Waals surface area contributed by atoms with E-state index in [2.05, 4.69) is 0 Å². The van der Waals surface area contributed by atoms with Gasteiger partial charge in [-0.05, 0) is 41.8 Å². The van der Waals surface area contributed by atoms with E-state index in [-0.39, 0.29) is 51.4 Å². The lowest BCUT2D eigenvalue weighted by atomic mass is 9.94. The predicted molar refractivity (Wildman–Crippen MR) is 124 cm³/mol. The van der Waals surface area contributed by atoms with E-state index < -0.39 is 44.4 Å². The van der Waals surface area contributed by atoms with Gasteiger partial charge in [0.25, 0.3) is 0 Å². The first-order chi connectivity index (χ1) is 16.4. The Hall–Kier alpha value is -3.56. The summed E-state index contributed by atoms with van der Waals surface area (Å²) in [4.78, 5) is 27.5. The summed E-state index contributed by atoms with van der Waals surface area (Å²) < 4.78 is 64.9. The van der Waals surface area contributed by atoms with Crippen molar-refractivity contribution in [3.8, 4) is 6.07 Å². The third kappa shape index (κ3) is 4.21. The van der Waals surface area contributed by atoms with Gasteiger partial charge in [-0.2, -0.15) is 5.26 Å². The van der Waals surface area contributed by atoms with E-state index in [1.807, 2.05) is 6.07 Å². The Morgan fingerprint density at radius 3 is 2.37 bits per heavy atom. The Kier molecular flexibility index (Phi) is 6.02. The Labute approximate surface area is 202 Å². The van der Waals surface area contributed by atoms with Crippen molar-refractivity contribution in [2.24, 2.45) is 0 Å². The third-order valence-corrected chi connectivity index (χ3v) is 8.11. The van der Waals surface area contributed by atoms with Crippen LogP contribution >= 0.6 is 0 Å². The zero-order valence-electron chi connectivity index (χ0n) is 18.7. The number of allylic oxidation sites excluding steroid dienone is 1. The lowest BCUT2D eigenvalue weighted by Crippen LogP contribution is -2.52. The van der Waals surface area contributed by atoms with Crippen LogP contribution in [0.5, 0.6) is 0 Å². The molecule has 1 atom stereocenters. The molecule has 1 aliphatic heterocycles. The van der Waals surface area contributed by atoms with Gasteiger partial charge in [-0.25, -0.2) is 30.3 Å². The molecule has 182 valence electrons. The Morgan fingerprint density at radius 2 is 1.77 bits per heavy atom. The number of carbonyl (C=O) groups excluding carboxylic acids is 2. The van der Waals surface area contributed by atoms with E-state index in [1.54, 1.807) is 0 Å². The molecule has 0 unspecified atom stereocenters. The lowest BCUT2D eigenvalue weighted by molar-refractivity contribution is -0.115. The van der Waals surface area contributed by atoms with Crippen molar-refractivity contribution in [2.75, 3.05) is 17.4 Å². The number of rotatable bonds is 5. The Morgan fingerprint density at radius 1 is 1.06 bits per heavy atom. The number of anilines is 1. The number of sulfonamides is 1. The first-order valence-electron chi connectivity index (χ1n) is 10.4. The van der Waals surface area contributed by atoms with E-state index in [4.69, 9.17) is 0 Å². The minimum Gasteiger partial charge on any atom is -0.294 e. The normalized spacial score (nSPS) is 18.6. The fourth-order valence-corrected chi connectivity index (χ4v) is 6.37. The van der Waals surface area contributed by atoms with Crippen LogP contribution in [0.4, 0.5) is 14.9 Å². The molecule has 1 aliphatic carbocycles. The number of halogens is 1. The zero-order valence-corrected chi connectivity index (χ0v) is 20.4. The minimum absolute atomic E-state index is 0.0128. The Bertz CT molecular complexity index is 1560. The Balaban J connectivity index is 2.07. The number of sulfone groups is 1. The van der Waals surface area contributed by atoms with E-state index in [1.165, 1.54) is 36.4 Å². The number of Topliss-reactive ketones (excluding diaryl/α,β-unsaturated/α-hetero) is 1. The third-order valence-electron chi connectivity index (χ3n) is 5.87. The number of urea groups is 1. The molecular formula is C23H20FN3O6S2. The molecule has 4 rings (SSSR count). The summed E-state index contributed by atoms with van der Waals surface area (Å²) in [5.41, 5.74) is 0.535. The van der Waals surface area contributed by atoms with Gasteiger partial charge in [0.2, 0.25) is 10.0 Å². The van der Waals surface area contributed by atoms with Gasteiger partial charge >= 0.3 is 6.03 Å². The molecule has 0 radical (unpaired) electrons. The second-order valence-electron chi connectivity index (χ2n) is 8.30. The van der Waals surface area contributed by atoms with E-state index in [0.717, 1.165) is 23.5 Å². The fraction of sp³-hybridized carbons (Fsp3) is 0.261. The molecule has 2 aromatic carbocycles. The van der Waals surface area contributed by atoms with Crippen LogP contribution in [0.3, 0.4) is 0 Å². The molecule has 0 fully saturated rings. The number of hydrogen-bond donors (Lipinski definition) is 0. The highest BCUT2D eigenvalue weighted by Gasteiger charge is 2.50. The highest BCUT2D eigenvalue weighted by atomic mass is 32.2. The van der Waals surface area contributed by atoms with Crippen molar-refractivity contribution < 1.29 is 30.8 Å². The number of nitrogens with zero attached hydrogens (tertiary/aromatic N) is 3. The van der Waals surface area contributed by atoms with E-state index in [9.17, 15) is 36.1 Å². The standard InChI is InChI=1S/C23H20FN3O6S2/c1-34(30,31)20-11-15(13-25)6-7-17(20)22-21-18(8-9-19(21)28)26(23(29)27(22)35(2,32)33)16-5-3-4-14(10-16)12-24/h3-7,10-11,22H,8-9,12H2,1-2H3/t22-/m1/s1. The topological polar surface area (TPSA) is 133 Å². The molecule has 2 amide bonds. The average molecular weight is 518 g/mol. The molecule has 1 heterocycles. The van der Waals surface area contributed by atoms with Gasteiger partial charge in [-0.1, -0.05) is 18.2 Å². The summed E-state index contributed by atoms with van der Waals surface area (Å²) in [6.07, 6.45) is 1.76. The molecule has 0 saturated heterocycles. The molecule has 0 spiro atoms. The van der Waals surface area contributed by atoms with Crippen LogP contribution in [0, 0.1) is 11.3 Å². The molecule has 35 heavy (non-hydrogen) atoms. The van der Waals surface area contributed by atoms with Crippen LogP contribution in [-0.4, -0.2) is 45.5 Å². The van der Waals surface area contributed by atoms with Crippen molar-refractivity contribution in [3.63, 3.8) is 0 Å². The number of benzene rings is 2. The number of carbonyl (C=O) groups is 2. The number of amides is 2. The second-order valence-corrected chi connectivity index (χ2v) is 12.1. The summed E-state index contributed by atoms with van der Waals surface area (Å²) in [5, 5.41) is 9.25. The van der Waals surface area contributed by atoms with Crippen LogP contribution in [0.1, 0.15) is 35.6 Å². The number of nitriles is 1. The molecule has 0 bridgehead atoms. The van der Waals surface area contributed by atoms with E-state index in [0.29, 0.717) is 4.31 Å². The van der Waals surface area contributed by atoms with Crippen LogP contribution in [0.15, 0.2) is 58.6 Å². The highest BCUT2D eigenvalue weighted by Crippen LogP contribution is 2.47. The molecular weight excluding hydrogens is 497 g/mol. The zero-order chi connectivity index (χ0) is 25.7. The van der Waals surface area contributed by atoms with E-state index >= 15 is 0 Å². The minimum atomic E-state index is -4.35. The van der Waals surface area contributed by atoms with Gasteiger partial charge in [0.05, 0.1) is 28.5 Å². The van der Waals surface area contributed by atoms with Gasteiger partial charge in [0.1, 0.15) is 12.7 Å². The summed E-state index contributed by atoms with van der Waals surface area (Å²) >= 11 is 0. The second kappa shape index (κ2) is 8.58. The van der Waals surface area contributed by atoms with Crippen LogP contribution in [0.2, 0.25) is 0 Å². The predicted octanol–water partition coefficient (Wildman–Crippen LogP) is 2.99. The van der Waals surface area contributed by atoms with Crippen LogP contribution in [-0.2, 0) is 31.3 Å². The summed E-state index contributed by atoms with van der Waals surface area (Å²) in [5.74, 6) is -0.443. The summed E-state index contributed by atoms with van der Waals surface area (Å²) in [6.45, 7) is -0.817. The smallest absolute Gasteiger partial charge is 0.294 e. The maximum atomic E-state index is 13.7. The van der Waals surface area contributed by atoms with Crippen molar-refractivity contribution >= 4 is 37.4 Å². The quantitative estimate of drug-likeness (QED) is 0.595. The molecule has 9 nitrogen and oxygen atoms in total. The highest BCUT2D eigenvalue weighted by molar-refractivity contribution is 7.90. The van der Waals surface area contributed by atoms with Crippen LogP contribution < -0.4 is 4.90 Å². The first-order valence-corrected chi connectivity index (χ1v) is 14.1. The van der Waals surface area contributed by atoms with Gasteiger partial charge in [0, 0.05) is 23.9 Å². The fourth-order valence-electron chi connectivity index (χ4n) is 4.46. The molecule has 0 aromatic heterocycles. The van der Waals surface area contributed by atoms with Crippen LogP contribution in [0.25, 0.3) is 0 Å². The largest absolute Gasteiger partial charge is 0.343 e. The molecule has 0 N–H and O–H groups in total. The van der Waals surface area contributed by atoms with Crippen molar-refractivity contribution in [3.05, 3.63) is 70.4 Å². The van der Waals surface area contributed by atoms with Crippen molar-refractivity contribution in [1.29, 1.82) is 5.26 Å². The lowest BCUT2D eigenvalue weighted by Gasteiger charge is -2.41. The number of ketones is 1. The number of hydrogen-bond acceptors (Lipinski definition) is 7. The average Bonchev–Trinajstić information content (AvgIpc) is 3.17. The summed E-state index contributed by atoms with van der Waals surface area (Å²) in [6, 6.07) is 8.79. The SMILES string of the molecule is CS(=O)(=O)c1cc(C#N)ccc1[C@@H]1C2=C(CCC2=O)N(c2cccc(CF)c2)C(=O)N1S(C)(=O)=O. The molecule has 0 saturated carbocycles. The first kappa shape index (κ1) is 24.6. The monoisotopic (exact) mass is 517 g/mol. The van der Waals surface area contributed by atoms with Gasteiger partial charge in [-0.15, -0.1) is 0 Å². The number of alkyl halides is 1. The molecule has 2 aromatic rings. The maximum Gasteiger partial charge on any atom is 0.343 e.